The van der Waals surface area contributed by atoms with Crippen molar-refractivity contribution in [2.75, 3.05) is 23.7 Å². The lowest BCUT2D eigenvalue weighted by Gasteiger charge is -2.16. The Morgan fingerprint density at radius 1 is 0.967 bits per heavy atom. The van der Waals surface area contributed by atoms with E-state index in [0.29, 0.717) is 27.7 Å². The van der Waals surface area contributed by atoms with Crippen LogP contribution in [0.25, 0.3) is 28.0 Å². The van der Waals surface area contributed by atoms with Gasteiger partial charge in [0, 0.05) is 18.7 Å². The summed E-state index contributed by atoms with van der Waals surface area (Å²) in [6.07, 6.45) is 2.03. The first-order chi connectivity index (χ1) is 14.5. The molecule has 1 aliphatic heterocycles. The Morgan fingerprint density at radius 2 is 1.73 bits per heavy atom. The summed E-state index contributed by atoms with van der Waals surface area (Å²) in [5, 5.41) is 5.32. The number of anilines is 2. The summed E-state index contributed by atoms with van der Waals surface area (Å²) in [6.45, 7) is 1.58. The summed E-state index contributed by atoms with van der Waals surface area (Å²) in [7, 11) is 0. The molecule has 3 heterocycles. The van der Waals surface area contributed by atoms with Gasteiger partial charge in [-0.05, 0) is 37.1 Å². The highest BCUT2D eigenvalue weighted by Gasteiger charge is 2.25. The van der Waals surface area contributed by atoms with Gasteiger partial charge in [0.15, 0.2) is 17.3 Å². The van der Waals surface area contributed by atoms with Crippen LogP contribution in [0.4, 0.5) is 20.5 Å². The number of halogens is 3. The number of nitrogens with two attached hydrogens (primary N) is 1. The third-order valence-electron chi connectivity index (χ3n) is 5.23. The maximum absolute atomic E-state index is 14.7. The van der Waals surface area contributed by atoms with E-state index >= 15 is 0 Å². The second kappa shape index (κ2) is 7.21. The Morgan fingerprint density at radius 3 is 2.50 bits per heavy atom. The van der Waals surface area contributed by atoms with Crippen LogP contribution < -0.4 is 10.6 Å². The molecule has 9 heteroatoms. The highest BCUT2D eigenvalue weighted by molar-refractivity contribution is 6.32. The van der Waals surface area contributed by atoms with Gasteiger partial charge in [-0.25, -0.2) is 18.4 Å². The third-order valence-corrected chi connectivity index (χ3v) is 5.55. The van der Waals surface area contributed by atoms with Crippen LogP contribution >= 0.6 is 11.6 Å². The van der Waals surface area contributed by atoms with E-state index < -0.39 is 11.6 Å². The van der Waals surface area contributed by atoms with Gasteiger partial charge in [0.05, 0.1) is 21.8 Å². The SMILES string of the molecule is Nc1c2c(-c3cccc(F)c3F)nc(N3CCCC3)nc2nn1-c1ccccc1Cl. The van der Waals surface area contributed by atoms with Crippen molar-refractivity contribution >= 4 is 34.4 Å². The quantitative estimate of drug-likeness (QED) is 0.518. The Balaban J connectivity index is 1.82. The van der Waals surface area contributed by atoms with Gasteiger partial charge in [0.1, 0.15) is 5.82 Å². The minimum Gasteiger partial charge on any atom is -0.383 e. The number of nitrogens with zero attached hydrogens (tertiary/aromatic N) is 5. The van der Waals surface area contributed by atoms with Crippen molar-refractivity contribution in [3.8, 4) is 16.9 Å². The van der Waals surface area contributed by atoms with E-state index in [1.165, 1.54) is 16.8 Å². The molecule has 0 radical (unpaired) electrons. The highest BCUT2D eigenvalue weighted by Crippen LogP contribution is 2.36. The average molecular weight is 427 g/mol. The number of hydrogen-bond donors (Lipinski definition) is 1. The van der Waals surface area contributed by atoms with Gasteiger partial charge in [0.25, 0.3) is 0 Å². The van der Waals surface area contributed by atoms with Gasteiger partial charge in [-0.15, -0.1) is 5.10 Å². The highest BCUT2D eigenvalue weighted by atomic mass is 35.5. The molecular weight excluding hydrogens is 410 g/mol. The third kappa shape index (κ3) is 2.95. The van der Waals surface area contributed by atoms with E-state index in [1.54, 1.807) is 18.2 Å². The molecule has 0 amide bonds. The first-order valence-corrected chi connectivity index (χ1v) is 9.93. The molecule has 6 nitrogen and oxygen atoms in total. The largest absolute Gasteiger partial charge is 0.383 e. The lowest BCUT2D eigenvalue weighted by Crippen LogP contribution is -2.20. The molecule has 1 saturated heterocycles. The van der Waals surface area contributed by atoms with Gasteiger partial charge in [-0.2, -0.15) is 4.98 Å². The molecular formula is C21H17ClF2N6. The number of fused-ring (bicyclic) bond motifs is 1. The van der Waals surface area contributed by atoms with Crippen LogP contribution in [0, 0.1) is 11.6 Å². The maximum atomic E-state index is 14.7. The first kappa shape index (κ1) is 18.7. The van der Waals surface area contributed by atoms with Crippen LogP contribution in [0.1, 0.15) is 12.8 Å². The predicted octanol–water partition coefficient (Wildman–Crippen LogP) is 4.60. The molecule has 0 unspecified atom stereocenters. The average Bonchev–Trinajstić information content (AvgIpc) is 3.39. The standard InChI is InChI=1S/C21H17ClF2N6/c22-13-7-1-2-9-15(13)30-19(25)16-18(12-6-5-8-14(23)17(12)24)26-21(27-20(16)28-30)29-10-3-4-11-29/h1-2,5-9H,3-4,10-11,25H2. The van der Waals surface area contributed by atoms with Crippen LogP contribution in [0.15, 0.2) is 42.5 Å². The second-order valence-corrected chi connectivity index (χ2v) is 7.52. The fourth-order valence-corrected chi connectivity index (χ4v) is 3.96. The molecule has 0 aliphatic carbocycles. The summed E-state index contributed by atoms with van der Waals surface area (Å²) in [4.78, 5) is 11.2. The predicted molar refractivity (Wildman–Crippen MR) is 113 cm³/mol. The fraction of sp³-hybridized carbons (Fsp3) is 0.190. The van der Waals surface area contributed by atoms with E-state index in [1.807, 2.05) is 11.0 Å². The van der Waals surface area contributed by atoms with Crippen molar-refractivity contribution in [2.24, 2.45) is 0 Å². The molecule has 4 aromatic rings. The summed E-state index contributed by atoms with van der Waals surface area (Å²) >= 11 is 6.33. The molecule has 2 aromatic carbocycles. The monoisotopic (exact) mass is 426 g/mol. The molecule has 5 rings (SSSR count). The van der Waals surface area contributed by atoms with E-state index in [9.17, 15) is 8.78 Å². The van der Waals surface area contributed by atoms with Gasteiger partial charge >= 0.3 is 0 Å². The minimum atomic E-state index is -0.991. The molecule has 2 aromatic heterocycles. The van der Waals surface area contributed by atoms with Gasteiger partial charge in [0.2, 0.25) is 5.95 Å². The first-order valence-electron chi connectivity index (χ1n) is 9.55. The molecule has 1 fully saturated rings. The van der Waals surface area contributed by atoms with E-state index in [2.05, 4.69) is 15.1 Å². The second-order valence-electron chi connectivity index (χ2n) is 7.11. The molecule has 0 bridgehead atoms. The fourth-order valence-electron chi connectivity index (χ4n) is 3.75. The molecule has 1 aliphatic rings. The Labute approximate surface area is 175 Å². The number of para-hydroxylation sites is 1. The number of hydrogen-bond acceptors (Lipinski definition) is 5. The van der Waals surface area contributed by atoms with Crippen LogP contribution in [-0.4, -0.2) is 32.8 Å². The van der Waals surface area contributed by atoms with Gasteiger partial charge in [-0.1, -0.05) is 29.8 Å². The van der Waals surface area contributed by atoms with Crippen LogP contribution in [0.5, 0.6) is 0 Å². The van der Waals surface area contributed by atoms with Gasteiger partial charge < -0.3 is 10.6 Å². The smallest absolute Gasteiger partial charge is 0.228 e. The van der Waals surface area contributed by atoms with Crippen molar-refractivity contribution in [2.45, 2.75) is 12.8 Å². The molecule has 0 atom stereocenters. The van der Waals surface area contributed by atoms with E-state index in [0.717, 1.165) is 32.0 Å². The number of nitrogen functional groups attached to an aromatic ring is 1. The topological polar surface area (TPSA) is 72.9 Å². The number of rotatable bonds is 3. The lowest BCUT2D eigenvalue weighted by atomic mass is 10.1. The van der Waals surface area contributed by atoms with Crippen molar-refractivity contribution in [3.05, 3.63) is 59.1 Å². The minimum absolute atomic E-state index is 0.00764. The molecule has 0 spiro atoms. The summed E-state index contributed by atoms with van der Waals surface area (Å²) in [6, 6.07) is 11.1. The zero-order valence-electron chi connectivity index (χ0n) is 15.8. The zero-order valence-corrected chi connectivity index (χ0v) is 16.6. The lowest BCUT2D eigenvalue weighted by molar-refractivity contribution is 0.511. The van der Waals surface area contributed by atoms with Crippen molar-refractivity contribution < 1.29 is 8.78 Å². The Hall–Kier alpha value is -3.26. The summed E-state index contributed by atoms with van der Waals surface area (Å²) in [5.41, 5.74) is 7.47. The molecule has 30 heavy (non-hydrogen) atoms. The van der Waals surface area contributed by atoms with Crippen LogP contribution in [0.2, 0.25) is 5.02 Å². The Bertz CT molecular complexity index is 1270. The molecule has 152 valence electrons. The normalized spacial score (nSPS) is 14.0. The maximum Gasteiger partial charge on any atom is 0.228 e. The van der Waals surface area contributed by atoms with Gasteiger partial charge in [-0.3, -0.25) is 0 Å². The molecule has 2 N–H and O–H groups in total. The van der Waals surface area contributed by atoms with E-state index in [-0.39, 0.29) is 17.1 Å². The van der Waals surface area contributed by atoms with Crippen molar-refractivity contribution in [1.82, 2.24) is 19.7 Å². The van der Waals surface area contributed by atoms with Crippen LogP contribution in [0.3, 0.4) is 0 Å². The Kier molecular flexibility index (Phi) is 4.51. The summed E-state index contributed by atoms with van der Waals surface area (Å²) in [5.74, 6) is -1.33. The summed E-state index contributed by atoms with van der Waals surface area (Å²) < 4.78 is 30.2. The van der Waals surface area contributed by atoms with Crippen LogP contribution in [-0.2, 0) is 0 Å². The van der Waals surface area contributed by atoms with E-state index in [4.69, 9.17) is 17.3 Å². The van der Waals surface area contributed by atoms with Crippen molar-refractivity contribution in [1.29, 1.82) is 0 Å². The number of aromatic nitrogens is 4. The van der Waals surface area contributed by atoms with Crippen molar-refractivity contribution in [3.63, 3.8) is 0 Å². The molecule has 0 saturated carbocycles. The number of benzene rings is 2. The zero-order chi connectivity index (χ0) is 20.8.